The fraction of sp³-hybridized carbons (Fsp3) is 0.250. The van der Waals surface area contributed by atoms with Crippen LogP contribution in [0.5, 0.6) is 0 Å². The van der Waals surface area contributed by atoms with Crippen LogP contribution < -0.4 is 0 Å². The van der Waals surface area contributed by atoms with E-state index in [1.165, 1.54) is 23.9 Å². The number of para-hydroxylation sites is 1. The molecule has 0 unspecified atom stereocenters. The largest absolute Gasteiger partial charge is 0.465 e. The summed E-state index contributed by atoms with van der Waals surface area (Å²) in [6.45, 7) is 4.37. The van der Waals surface area contributed by atoms with E-state index in [1.807, 2.05) is 48.7 Å². The van der Waals surface area contributed by atoms with Gasteiger partial charge < -0.3 is 4.74 Å². The predicted octanol–water partition coefficient (Wildman–Crippen LogP) is 4.36. The first kappa shape index (κ1) is 19.1. The van der Waals surface area contributed by atoms with Crippen LogP contribution in [0.4, 0.5) is 4.39 Å². The van der Waals surface area contributed by atoms with Crippen LogP contribution >= 0.6 is 11.8 Å². The topological polar surface area (TPSA) is 57.0 Å². The highest BCUT2D eigenvalue weighted by atomic mass is 32.2. The van der Waals surface area contributed by atoms with Crippen molar-refractivity contribution in [1.82, 2.24) is 14.8 Å². The van der Waals surface area contributed by atoms with Crippen molar-refractivity contribution in [1.29, 1.82) is 0 Å². The lowest BCUT2D eigenvalue weighted by molar-refractivity contribution is -0.141. The molecule has 27 heavy (non-hydrogen) atoms. The summed E-state index contributed by atoms with van der Waals surface area (Å²) in [5, 5.41) is 9.07. The van der Waals surface area contributed by atoms with Crippen LogP contribution in [-0.2, 0) is 9.53 Å². The number of thioether (sulfide) groups is 1. The first-order valence-corrected chi connectivity index (χ1v) is 9.58. The van der Waals surface area contributed by atoms with Gasteiger partial charge in [0, 0.05) is 11.3 Å². The average Bonchev–Trinajstić information content (AvgIpc) is 3.10. The summed E-state index contributed by atoms with van der Waals surface area (Å²) in [6, 6.07) is 15.7. The molecule has 0 spiro atoms. The van der Waals surface area contributed by atoms with Crippen LogP contribution in [0.1, 0.15) is 13.8 Å². The van der Waals surface area contributed by atoms with Gasteiger partial charge in [0.2, 0.25) is 0 Å². The maximum absolute atomic E-state index is 13.3. The van der Waals surface area contributed by atoms with Crippen molar-refractivity contribution < 1.29 is 13.9 Å². The van der Waals surface area contributed by atoms with E-state index < -0.39 is 0 Å². The summed E-state index contributed by atoms with van der Waals surface area (Å²) in [7, 11) is 0. The monoisotopic (exact) mass is 385 g/mol. The van der Waals surface area contributed by atoms with Crippen molar-refractivity contribution in [3.05, 3.63) is 60.4 Å². The Labute approximate surface area is 161 Å². The summed E-state index contributed by atoms with van der Waals surface area (Å²) in [5.74, 6) is 0.407. The van der Waals surface area contributed by atoms with Crippen molar-refractivity contribution in [3.8, 4) is 17.1 Å². The molecule has 0 radical (unpaired) electrons. The normalized spacial score (nSPS) is 11.0. The third kappa shape index (κ3) is 4.95. The molecule has 0 aliphatic heterocycles. The van der Waals surface area contributed by atoms with E-state index in [1.54, 1.807) is 12.1 Å². The number of benzene rings is 2. The molecular weight excluding hydrogens is 365 g/mol. The molecule has 0 saturated heterocycles. The zero-order valence-corrected chi connectivity index (χ0v) is 15.9. The SMILES string of the molecule is CC(C)COC(=O)CSc1nnc(-c2ccc(F)cc2)n1-c1ccccc1. The van der Waals surface area contributed by atoms with Crippen LogP contribution in [0.15, 0.2) is 59.8 Å². The molecule has 0 atom stereocenters. The van der Waals surface area contributed by atoms with Gasteiger partial charge in [0.05, 0.1) is 12.4 Å². The molecule has 140 valence electrons. The van der Waals surface area contributed by atoms with Gasteiger partial charge >= 0.3 is 5.97 Å². The number of rotatable bonds is 7. The Hall–Kier alpha value is -2.67. The van der Waals surface area contributed by atoms with E-state index in [4.69, 9.17) is 4.74 Å². The number of hydrogen-bond donors (Lipinski definition) is 0. The van der Waals surface area contributed by atoms with Gasteiger partial charge in [-0.1, -0.05) is 43.8 Å². The Balaban J connectivity index is 1.88. The summed E-state index contributed by atoms with van der Waals surface area (Å²) in [6.07, 6.45) is 0. The summed E-state index contributed by atoms with van der Waals surface area (Å²) in [5.41, 5.74) is 1.60. The smallest absolute Gasteiger partial charge is 0.316 e. The lowest BCUT2D eigenvalue weighted by Gasteiger charge is -2.10. The quantitative estimate of drug-likeness (QED) is 0.447. The number of ether oxygens (including phenoxy) is 1. The van der Waals surface area contributed by atoms with Crippen molar-refractivity contribution in [3.63, 3.8) is 0 Å². The zero-order chi connectivity index (χ0) is 19.2. The molecule has 0 amide bonds. The van der Waals surface area contributed by atoms with E-state index in [0.717, 1.165) is 11.3 Å². The maximum atomic E-state index is 13.3. The van der Waals surface area contributed by atoms with E-state index in [-0.39, 0.29) is 23.5 Å². The van der Waals surface area contributed by atoms with E-state index in [0.29, 0.717) is 17.6 Å². The molecule has 1 heterocycles. The van der Waals surface area contributed by atoms with Crippen LogP contribution in [0.3, 0.4) is 0 Å². The van der Waals surface area contributed by atoms with Gasteiger partial charge in [0.1, 0.15) is 5.82 Å². The minimum Gasteiger partial charge on any atom is -0.465 e. The van der Waals surface area contributed by atoms with Crippen molar-refractivity contribution in [2.24, 2.45) is 5.92 Å². The van der Waals surface area contributed by atoms with Crippen molar-refractivity contribution in [2.75, 3.05) is 12.4 Å². The molecule has 0 saturated carbocycles. The molecule has 5 nitrogen and oxygen atoms in total. The number of aromatic nitrogens is 3. The molecule has 3 aromatic rings. The molecule has 1 aromatic heterocycles. The number of hydrogen-bond acceptors (Lipinski definition) is 5. The number of nitrogens with zero attached hydrogens (tertiary/aromatic N) is 3. The van der Waals surface area contributed by atoms with Crippen LogP contribution in [0.2, 0.25) is 0 Å². The zero-order valence-electron chi connectivity index (χ0n) is 15.1. The first-order chi connectivity index (χ1) is 13.0. The Kier molecular flexibility index (Phi) is 6.24. The average molecular weight is 385 g/mol. The fourth-order valence-corrected chi connectivity index (χ4v) is 3.13. The van der Waals surface area contributed by atoms with Crippen molar-refractivity contribution in [2.45, 2.75) is 19.0 Å². The molecule has 3 rings (SSSR count). The second-order valence-electron chi connectivity index (χ2n) is 6.35. The van der Waals surface area contributed by atoms with Crippen LogP contribution in [0.25, 0.3) is 17.1 Å². The Morgan fingerprint density at radius 1 is 1.11 bits per heavy atom. The van der Waals surface area contributed by atoms with E-state index in [9.17, 15) is 9.18 Å². The first-order valence-electron chi connectivity index (χ1n) is 8.60. The molecule has 2 aromatic carbocycles. The highest BCUT2D eigenvalue weighted by Crippen LogP contribution is 2.28. The van der Waals surface area contributed by atoms with Gasteiger partial charge in [-0.05, 0) is 42.3 Å². The predicted molar refractivity (Wildman–Crippen MR) is 103 cm³/mol. The van der Waals surface area contributed by atoms with E-state index in [2.05, 4.69) is 10.2 Å². The lowest BCUT2D eigenvalue weighted by Crippen LogP contribution is -2.12. The van der Waals surface area contributed by atoms with Gasteiger partial charge in [-0.25, -0.2) is 4.39 Å². The third-order valence-electron chi connectivity index (χ3n) is 3.65. The number of carbonyl (C=O) groups excluding carboxylic acids is 1. The van der Waals surface area contributed by atoms with Gasteiger partial charge in [0.25, 0.3) is 0 Å². The summed E-state index contributed by atoms with van der Waals surface area (Å²) in [4.78, 5) is 11.9. The number of carbonyl (C=O) groups is 1. The maximum Gasteiger partial charge on any atom is 0.316 e. The minimum atomic E-state index is -0.313. The lowest BCUT2D eigenvalue weighted by atomic mass is 10.2. The molecule has 0 aliphatic rings. The Morgan fingerprint density at radius 3 is 2.48 bits per heavy atom. The molecule has 0 bridgehead atoms. The molecule has 7 heteroatoms. The molecule has 0 aliphatic carbocycles. The third-order valence-corrected chi connectivity index (χ3v) is 4.55. The van der Waals surface area contributed by atoms with Crippen LogP contribution in [-0.4, -0.2) is 33.1 Å². The van der Waals surface area contributed by atoms with Gasteiger partial charge in [-0.2, -0.15) is 0 Å². The number of esters is 1. The molecule has 0 N–H and O–H groups in total. The summed E-state index contributed by atoms with van der Waals surface area (Å²) >= 11 is 1.26. The Morgan fingerprint density at radius 2 is 1.81 bits per heavy atom. The highest BCUT2D eigenvalue weighted by molar-refractivity contribution is 7.99. The second kappa shape index (κ2) is 8.81. The van der Waals surface area contributed by atoms with Crippen molar-refractivity contribution >= 4 is 17.7 Å². The highest BCUT2D eigenvalue weighted by Gasteiger charge is 2.17. The number of halogens is 1. The standard InChI is InChI=1S/C20H20FN3O2S/c1-14(2)12-26-18(25)13-27-20-23-22-19(15-8-10-16(21)11-9-15)24(20)17-6-4-3-5-7-17/h3-11,14H,12-13H2,1-2H3. The van der Waals surface area contributed by atoms with Gasteiger partial charge in [-0.3, -0.25) is 9.36 Å². The molecular formula is C20H20FN3O2S. The van der Waals surface area contributed by atoms with Gasteiger partial charge in [-0.15, -0.1) is 10.2 Å². The van der Waals surface area contributed by atoms with Crippen LogP contribution in [0, 0.1) is 11.7 Å². The minimum absolute atomic E-state index is 0.140. The second-order valence-corrected chi connectivity index (χ2v) is 7.29. The molecule has 0 fully saturated rings. The van der Waals surface area contributed by atoms with E-state index >= 15 is 0 Å². The van der Waals surface area contributed by atoms with Gasteiger partial charge in [0.15, 0.2) is 11.0 Å². The summed E-state index contributed by atoms with van der Waals surface area (Å²) < 4.78 is 20.3. The fourth-order valence-electron chi connectivity index (χ4n) is 2.38. The Bertz CT molecular complexity index is 895.